The lowest BCUT2D eigenvalue weighted by Gasteiger charge is -2.28. The highest BCUT2D eigenvalue weighted by atomic mass is 31.2. The van der Waals surface area contributed by atoms with Crippen LogP contribution in [0.4, 0.5) is 5.82 Å². The van der Waals surface area contributed by atoms with Gasteiger partial charge in [-0.3, -0.25) is 9.32 Å². The van der Waals surface area contributed by atoms with Gasteiger partial charge in [0.05, 0.1) is 12.3 Å². The van der Waals surface area contributed by atoms with Crippen LogP contribution in [0.5, 0.6) is 5.75 Å². The molecule has 0 radical (unpaired) electrons. The highest BCUT2D eigenvalue weighted by molar-refractivity contribution is 7.52. The van der Waals surface area contributed by atoms with E-state index in [1.807, 2.05) is 6.07 Å². The first-order valence-electron chi connectivity index (χ1n) is 14.1. The van der Waals surface area contributed by atoms with E-state index in [4.69, 9.17) is 24.3 Å². The average Bonchev–Trinajstić information content (AvgIpc) is 3.55. The first-order valence-corrected chi connectivity index (χ1v) is 15.7. The van der Waals surface area contributed by atoms with E-state index in [0.29, 0.717) is 11.2 Å². The van der Waals surface area contributed by atoms with E-state index in [-0.39, 0.29) is 24.1 Å². The molecule has 1 aromatic carbocycles. The number of hydrogen-bond acceptors (Lipinski definition) is 12. The van der Waals surface area contributed by atoms with Crippen molar-refractivity contribution in [3.63, 3.8) is 0 Å². The van der Waals surface area contributed by atoms with Gasteiger partial charge in [0.2, 0.25) is 5.60 Å². The van der Waals surface area contributed by atoms with Gasteiger partial charge in [0, 0.05) is 0 Å². The lowest BCUT2D eigenvalue weighted by molar-refractivity contribution is -0.147. The van der Waals surface area contributed by atoms with Crippen molar-refractivity contribution in [1.29, 1.82) is 5.26 Å². The Labute approximate surface area is 248 Å². The van der Waals surface area contributed by atoms with Crippen LogP contribution in [-0.2, 0) is 23.4 Å². The van der Waals surface area contributed by atoms with Crippen LogP contribution in [-0.4, -0.2) is 67.8 Å². The Morgan fingerprint density at radius 1 is 1.26 bits per heavy atom. The van der Waals surface area contributed by atoms with E-state index in [9.17, 15) is 24.8 Å². The van der Waals surface area contributed by atoms with Crippen LogP contribution in [0.1, 0.15) is 50.8 Å². The predicted molar refractivity (Wildman–Crippen MR) is 152 cm³/mol. The maximum absolute atomic E-state index is 14.0. The monoisotopic (exact) mass is 614 g/mol. The third-order valence-electron chi connectivity index (χ3n) is 7.75. The molecule has 1 aliphatic carbocycles. The summed E-state index contributed by atoms with van der Waals surface area (Å²) < 4.78 is 38.1. The zero-order valence-corrected chi connectivity index (χ0v) is 24.5. The molecule has 2 aliphatic rings. The molecule has 3 heterocycles. The topological polar surface area (TPSA) is 204 Å². The summed E-state index contributed by atoms with van der Waals surface area (Å²) in [6.07, 6.45) is 1.94. The molecular formula is C28H35N6O8P. The number of benzene rings is 1. The minimum Gasteiger partial charge on any atom is -0.464 e. The maximum atomic E-state index is 14.0. The van der Waals surface area contributed by atoms with E-state index in [0.717, 1.165) is 25.7 Å². The second-order valence-corrected chi connectivity index (χ2v) is 12.5. The Bertz CT molecular complexity index is 1510. The fourth-order valence-corrected chi connectivity index (χ4v) is 6.86. The van der Waals surface area contributed by atoms with Gasteiger partial charge in [0.1, 0.15) is 54.6 Å². The number of carbonyl (C=O) groups is 1. The Hall–Kier alpha value is -3.57. The SMILES string of the molecule is C[C@H](NP(=O)(OC[C@@]1(C#N)O[C@@H](c2ccc3c(N)ncnn23)[C@H](O)[C@@H]1O)Oc1ccccc1)C(=O)OCC1CCCCC1. The Kier molecular flexibility index (Phi) is 9.31. The predicted octanol–water partition coefficient (Wildman–Crippen LogP) is 2.67. The second-order valence-electron chi connectivity index (χ2n) is 10.8. The standard InChI is InChI=1S/C28H35N6O8P/c1-18(27(37)39-14-19-8-4-2-5-9-19)33-43(38,42-20-10-6-3-7-11-20)40-16-28(15-29)25(36)23(35)24(41-28)21-12-13-22-26(30)31-17-32-34(21)22/h3,6-7,10-13,17-19,23-25,35-36H,2,4-5,8-9,14,16H2,1H3,(H,33,38)(H2,30,31,32)/t18-,23-,24-,25-,28+,43?/m0/s1. The minimum atomic E-state index is -4.40. The fourth-order valence-electron chi connectivity index (χ4n) is 5.34. The van der Waals surface area contributed by atoms with Crippen LogP contribution in [0, 0.1) is 17.2 Å². The van der Waals surface area contributed by atoms with Gasteiger partial charge in [-0.15, -0.1) is 0 Å². The number of aromatic nitrogens is 3. The van der Waals surface area contributed by atoms with Gasteiger partial charge in [0.25, 0.3) is 0 Å². The van der Waals surface area contributed by atoms with Gasteiger partial charge >= 0.3 is 13.7 Å². The van der Waals surface area contributed by atoms with E-state index in [1.54, 1.807) is 30.3 Å². The number of nitrogen functional groups attached to an aromatic ring is 1. The first-order chi connectivity index (χ1) is 20.6. The van der Waals surface area contributed by atoms with Crippen LogP contribution in [0.25, 0.3) is 5.52 Å². The quantitative estimate of drug-likeness (QED) is 0.181. The molecule has 230 valence electrons. The molecule has 1 saturated carbocycles. The zero-order valence-electron chi connectivity index (χ0n) is 23.6. The third kappa shape index (κ3) is 6.67. The largest absolute Gasteiger partial charge is 0.464 e. The highest BCUT2D eigenvalue weighted by Crippen LogP contribution is 2.48. The summed E-state index contributed by atoms with van der Waals surface area (Å²) >= 11 is 0. The van der Waals surface area contributed by atoms with Crippen molar-refractivity contribution in [1.82, 2.24) is 19.7 Å². The van der Waals surface area contributed by atoms with Crippen molar-refractivity contribution >= 4 is 25.1 Å². The molecular weight excluding hydrogens is 579 g/mol. The summed E-state index contributed by atoms with van der Waals surface area (Å²) in [6, 6.07) is 12.0. The number of aliphatic hydroxyl groups is 2. The molecule has 5 rings (SSSR count). The highest BCUT2D eigenvalue weighted by Gasteiger charge is 2.57. The normalized spacial score (nSPS) is 26.4. The molecule has 1 unspecified atom stereocenters. The molecule has 2 aromatic heterocycles. The molecule has 43 heavy (non-hydrogen) atoms. The number of nitrogens with two attached hydrogens (primary N) is 1. The number of ether oxygens (including phenoxy) is 2. The number of para-hydroxylation sites is 1. The number of hydrogen-bond donors (Lipinski definition) is 4. The number of anilines is 1. The molecule has 0 bridgehead atoms. The van der Waals surface area contributed by atoms with Gasteiger partial charge in [-0.2, -0.15) is 15.4 Å². The molecule has 14 nitrogen and oxygen atoms in total. The number of rotatable bonds is 11. The van der Waals surface area contributed by atoms with Crippen LogP contribution >= 0.6 is 7.75 Å². The summed E-state index contributed by atoms with van der Waals surface area (Å²) in [5, 5.41) is 38.7. The smallest absolute Gasteiger partial charge is 0.459 e. The van der Waals surface area contributed by atoms with Crippen molar-refractivity contribution in [3.05, 3.63) is 54.5 Å². The molecule has 0 amide bonds. The van der Waals surface area contributed by atoms with E-state index >= 15 is 0 Å². The summed E-state index contributed by atoms with van der Waals surface area (Å²) in [5.41, 5.74) is 4.46. The molecule has 3 aromatic rings. The van der Waals surface area contributed by atoms with Crippen molar-refractivity contribution in [3.8, 4) is 11.8 Å². The van der Waals surface area contributed by atoms with Gasteiger partial charge < -0.3 is 29.9 Å². The lowest BCUT2D eigenvalue weighted by atomic mass is 9.90. The number of aliphatic hydroxyl groups excluding tert-OH is 2. The summed E-state index contributed by atoms with van der Waals surface area (Å²) in [4.78, 5) is 16.7. The van der Waals surface area contributed by atoms with E-state index in [1.165, 1.54) is 36.3 Å². The summed E-state index contributed by atoms with van der Waals surface area (Å²) in [6.45, 7) is 0.927. The van der Waals surface area contributed by atoms with Crippen LogP contribution in [0.15, 0.2) is 48.8 Å². The first kappa shape index (κ1) is 30.9. The average molecular weight is 615 g/mol. The molecule has 0 spiro atoms. The number of fused-ring (bicyclic) bond motifs is 1. The number of esters is 1. The van der Waals surface area contributed by atoms with Crippen molar-refractivity contribution in [2.45, 2.75) is 69.0 Å². The molecule has 6 atom stereocenters. The molecule has 1 aliphatic heterocycles. The van der Waals surface area contributed by atoms with Crippen LogP contribution < -0.4 is 15.3 Å². The zero-order chi connectivity index (χ0) is 30.6. The Morgan fingerprint density at radius 3 is 2.72 bits per heavy atom. The molecule has 15 heteroatoms. The number of nitrogens with one attached hydrogen (secondary N) is 1. The Balaban J connectivity index is 1.33. The Morgan fingerprint density at radius 2 is 2.00 bits per heavy atom. The van der Waals surface area contributed by atoms with Gasteiger partial charge in [-0.25, -0.2) is 14.1 Å². The molecule has 5 N–H and O–H groups in total. The summed E-state index contributed by atoms with van der Waals surface area (Å²) in [5.74, 6) is -0.0180. The summed E-state index contributed by atoms with van der Waals surface area (Å²) in [7, 11) is -4.40. The molecule has 1 saturated heterocycles. The molecule has 2 fully saturated rings. The van der Waals surface area contributed by atoms with Gasteiger partial charge in [-0.05, 0) is 49.9 Å². The van der Waals surface area contributed by atoms with Crippen molar-refractivity contribution < 1.29 is 38.1 Å². The van der Waals surface area contributed by atoms with Crippen LogP contribution in [0.3, 0.4) is 0 Å². The third-order valence-corrected chi connectivity index (χ3v) is 9.37. The van der Waals surface area contributed by atoms with Crippen molar-refractivity contribution in [2.75, 3.05) is 18.9 Å². The lowest BCUT2D eigenvalue weighted by Crippen LogP contribution is -2.46. The van der Waals surface area contributed by atoms with E-state index in [2.05, 4.69) is 15.2 Å². The number of nitrogens with zero attached hydrogens (tertiary/aromatic N) is 4. The number of carbonyl (C=O) groups excluding carboxylic acids is 1. The van der Waals surface area contributed by atoms with Crippen molar-refractivity contribution in [2.24, 2.45) is 5.92 Å². The fraction of sp³-hybridized carbons (Fsp3) is 0.500. The van der Waals surface area contributed by atoms with Crippen LogP contribution in [0.2, 0.25) is 0 Å². The van der Waals surface area contributed by atoms with Gasteiger partial charge in [-0.1, -0.05) is 37.5 Å². The second kappa shape index (κ2) is 13.0. The maximum Gasteiger partial charge on any atom is 0.459 e. The minimum absolute atomic E-state index is 0.162. The number of nitriles is 1. The van der Waals surface area contributed by atoms with Gasteiger partial charge in [0.15, 0.2) is 5.82 Å². The van der Waals surface area contributed by atoms with E-state index < -0.39 is 50.3 Å².